The Balaban J connectivity index is 1.81. The summed E-state index contributed by atoms with van der Waals surface area (Å²) < 4.78 is 0.617. The maximum atomic E-state index is 12.1. The molecule has 1 heterocycles. The van der Waals surface area contributed by atoms with Crippen molar-refractivity contribution in [2.24, 2.45) is 0 Å². The van der Waals surface area contributed by atoms with E-state index >= 15 is 0 Å². The van der Waals surface area contributed by atoms with Crippen LogP contribution >= 0.6 is 15.9 Å². The third kappa shape index (κ3) is 2.94. The van der Waals surface area contributed by atoms with Crippen molar-refractivity contribution in [1.82, 2.24) is 15.2 Å². The molecule has 21 heavy (non-hydrogen) atoms. The van der Waals surface area contributed by atoms with Crippen LogP contribution in [-0.4, -0.2) is 32.2 Å². The summed E-state index contributed by atoms with van der Waals surface area (Å²) in [5.74, 6) is -0.588. The topological polar surface area (TPSA) is 108 Å². The number of carbonyl (C=O) groups excluding carboxylic acids is 1. The van der Waals surface area contributed by atoms with Crippen LogP contribution in [0.25, 0.3) is 0 Å². The molecule has 7 nitrogen and oxygen atoms in total. The predicted octanol–water partition coefficient (Wildman–Crippen LogP) is 2.40. The number of nitrogens with zero attached hydrogens (tertiary/aromatic N) is 2. The normalized spacial score (nSPS) is 14.0. The SMILES string of the molecule is O=C(Nc1ccc(Br)cc1C(=O)O)c1n[nH]c(C2CC2)n1. The van der Waals surface area contributed by atoms with Crippen LogP contribution in [0, 0.1) is 0 Å². The molecule has 3 N–H and O–H groups in total. The number of aromatic amines is 1. The number of halogens is 1. The summed E-state index contributed by atoms with van der Waals surface area (Å²) in [4.78, 5) is 27.4. The fourth-order valence-corrected chi connectivity index (χ4v) is 2.26. The number of rotatable bonds is 4. The molecule has 1 aliphatic rings. The molecule has 1 aliphatic carbocycles. The maximum absolute atomic E-state index is 12.1. The van der Waals surface area contributed by atoms with Crippen LogP contribution in [-0.2, 0) is 0 Å². The van der Waals surface area contributed by atoms with Gasteiger partial charge in [-0.3, -0.25) is 9.89 Å². The number of H-pyrrole nitrogens is 1. The number of nitrogens with one attached hydrogen (secondary N) is 2. The fraction of sp³-hybridized carbons (Fsp3) is 0.231. The Morgan fingerprint density at radius 3 is 2.81 bits per heavy atom. The molecular formula is C13H11BrN4O3. The number of carboxylic acids is 1. The quantitative estimate of drug-likeness (QED) is 0.784. The molecule has 0 spiro atoms. The number of aromatic nitrogens is 3. The molecule has 2 aromatic rings. The van der Waals surface area contributed by atoms with Gasteiger partial charge in [-0.25, -0.2) is 9.78 Å². The molecule has 1 saturated carbocycles. The first-order valence-electron chi connectivity index (χ1n) is 6.31. The summed E-state index contributed by atoms with van der Waals surface area (Å²) >= 11 is 3.20. The van der Waals surface area contributed by atoms with Gasteiger partial charge < -0.3 is 10.4 Å². The Morgan fingerprint density at radius 2 is 2.14 bits per heavy atom. The number of amides is 1. The third-order valence-corrected chi connectivity index (χ3v) is 3.62. The van der Waals surface area contributed by atoms with Gasteiger partial charge in [0.1, 0.15) is 5.82 Å². The minimum Gasteiger partial charge on any atom is -0.478 e. The second-order valence-corrected chi connectivity index (χ2v) is 5.68. The number of hydrogen-bond acceptors (Lipinski definition) is 4. The summed E-state index contributed by atoms with van der Waals surface area (Å²) in [5, 5.41) is 18.3. The van der Waals surface area contributed by atoms with Crippen LogP contribution in [0.1, 0.15) is 45.6 Å². The van der Waals surface area contributed by atoms with Gasteiger partial charge in [0.2, 0.25) is 5.82 Å². The van der Waals surface area contributed by atoms with Crippen molar-refractivity contribution < 1.29 is 14.7 Å². The van der Waals surface area contributed by atoms with Crippen molar-refractivity contribution in [2.45, 2.75) is 18.8 Å². The summed E-state index contributed by atoms with van der Waals surface area (Å²) in [6, 6.07) is 4.58. The molecule has 1 aromatic carbocycles. The summed E-state index contributed by atoms with van der Waals surface area (Å²) in [7, 11) is 0. The molecule has 3 rings (SSSR count). The van der Waals surface area contributed by atoms with Crippen LogP contribution in [0.2, 0.25) is 0 Å². The first-order valence-corrected chi connectivity index (χ1v) is 7.10. The second kappa shape index (κ2) is 5.28. The van der Waals surface area contributed by atoms with Gasteiger partial charge in [0, 0.05) is 10.4 Å². The number of carboxylic acid groups (broad SMARTS) is 1. The van der Waals surface area contributed by atoms with E-state index in [4.69, 9.17) is 5.11 Å². The third-order valence-electron chi connectivity index (χ3n) is 3.13. The molecule has 0 radical (unpaired) electrons. The van der Waals surface area contributed by atoms with Gasteiger partial charge >= 0.3 is 5.97 Å². The van der Waals surface area contributed by atoms with E-state index in [9.17, 15) is 9.59 Å². The Bertz CT molecular complexity index is 724. The first-order chi connectivity index (χ1) is 10.0. The average Bonchev–Trinajstić information content (AvgIpc) is 3.18. The molecule has 1 aromatic heterocycles. The smallest absolute Gasteiger partial charge is 0.337 e. The molecule has 108 valence electrons. The fourth-order valence-electron chi connectivity index (χ4n) is 1.90. The monoisotopic (exact) mass is 350 g/mol. The Morgan fingerprint density at radius 1 is 1.38 bits per heavy atom. The van der Waals surface area contributed by atoms with Gasteiger partial charge in [-0.15, -0.1) is 5.10 Å². The number of benzene rings is 1. The van der Waals surface area contributed by atoms with Crippen molar-refractivity contribution in [1.29, 1.82) is 0 Å². The lowest BCUT2D eigenvalue weighted by atomic mass is 10.2. The molecule has 0 atom stereocenters. The average molecular weight is 351 g/mol. The molecule has 0 aliphatic heterocycles. The van der Waals surface area contributed by atoms with E-state index in [1.54, 1.807) is 6.07 Å². The van der Waals surface area contributed by atoms with E-state index in [1.165, 1.54) is 12.1 Å². The van der Waals surface area contributed by atoms with Gasteiger partial charge in [0.25, 0.3) is 5.91 Å². The van der Waals surface area contributed by atoms with Crippen molar-refractivity contribution in [3.05, 3.63) is 39.9 Å². The molecule has 1 fully saturated rings. The highest BCUT2D eigenvalue weighted by molar-refractivity contribution is 9.10. The summed E-state index contributed by atoms with van der Waals surface area (Å²) in [5.41, 5.74) is 0.198. The van der Waals surface area contributed by atoms with Gasteiger partial charge in [-0.2, -0.15) is 0 Å². The first kappa shape index (κ1) is 13.7. The number of carbonyl (C=O) groups is 2. The zero-order valence-corrected chi connectivity index (χ0v) is 12.3. The van der Waals surface area contributed by atoms with Crippen molar-refractivity contribution in [3.63, 3.8) is 0 Å². The predicted molar refractivity (Wildman–Crippen MR) is 77.4 cm³/mol. The molecule has 0 saturated heterocycles. The highest BCUT2D eigenvalue weighted by Crippen LogP contribution is 2.37. The van der Waals surface area contributed by atoms with Crippen LogP contribution in [0.15, 0.2) is 22.7 Å². The minimum absolute atomic E-state index is 0.00400. The van der Waals surface area contributed by atoms with E-state index in [0.29, 0.717) is 16.2 Å². The van der Waals surface area contributed by atoms with Gasteiger partial charge in [-0.05, 0) is 31.0 Å². The Hall–Kier alpha value is -2.22. The summed E-state index contributed by atoms with van der Waals surface area (Å²) in [6.07, 6.45) is 2.10. The lowest BCUT2D eigenvalue weighted by Gasteiger charge is -2.07. The molecule has 8 heteroatoms. The van der Waals surface area contributed by atoms with Crippen LogP contribution in [0.4, 0.5) is 5.69 Å². The van der Waals surface area contributed by atoms with Crippen molar-refractivity contribution >= 4 is 33.5 Å². The zero-order valence-electron chi connectivity index (χ0n) is 10.8. The van der Waals surface area contributed by atoms with E-state index in [-0.39, 0.29) is 17.1 Å². The number of hydrogen-bond donors (Lipinski definition) is 3. The van der Waals surface area contributed by atoms with Crippen LogP contribution in [0.3, 0.4) is 0 Å². The maximum Gasteiger partial charge on any atom is 0.337 e. The lowest BCUT2D eigenvalue weighted by molar-refractivity contribution is 0.0698. The molecular weight excluding hydrogens is 340 g/mol. The van der Waals surface area contributed by atoms with E-state index < -0.39 is 11.9 Å². The van der Waals surface area contributed by atoms with Crippen molar-refractivity contribution in [2.75, 3.05) is 5.32 Å². The Kier molecular flexibility index (Phi) is 3.46. The Labute approximate surface area is 127 Å². The second-order valence-electron chi connectivity index (χ2n) is 4.77. The van der Waals surface area contributed by atoms with E-state index in [1.807, 2.05) is 0 Å². The van der Waals surface area contributed by atoms with E-state index in [0.717, 1.165) is 12.8 Å². The lowest BCUT2D eigenvalue weighted by Crippen LogP contribution is -2.16. The van der Waals surface area contributed by atoms with Gasteiger partial charge in [-0.1, -0.05) is 15.9 Å². The van der Waals surface area contributed by atoms with E-state index in [2.05, 4.69) is 36.4 Å². The highest BCUT2D eigenvalue weighted by atomic mass is 79.9. The number of anilines is 1. The van der Waals surface area contributed by atoms with Gasteiger partial charge in [0.15, 0.2) is 0 Å². The van der Waals surface area contributed by atoms with Crippen LogP contribution in [0.5, 0.6) is 0 Å². The van der Waals surface area contributed by atoms with Gasteiger partial charge in [0.05, 0.1) is 11.3 Å². The van der Waals surface area contributed by atoms with Crippen LogP contribution < -0.4 is 5.32 Å². The largest absolute Gasteiger partial charge is 0.478 e. The summed E-state index contributed by atoms with van der Waals surface area (Å²) in [6.45, 7) is 0. The molecule has 1 amide bonds. The zero-order chi connectivity index (χ0) is 15.0. The van der Waals surface area contributed by atoms with Crippen molar-refractivity contribution in [3.8, 4) is 0 Å². The number of aromatic carboxylic acids is 1. The minimum atomic E-state index is -1.12. The highest BCUT2D eigenvalue weighted by Gasteiger charge is 2.28. The molecule has 0 bridgehead atoms. The molecule has 0 unspecified atom stereocenters. The standard InChI is InChI=1S/C13H11BrN4O3/c14-7-3-4-9(8(5-7)13(20)21)15-12(19)11-16-10(17-18-11)6-1-2-6/h3-6H,1-2H2,(H,15,19)(H,20,21)(H,16,17,18).